The van der Waals surface area contributed by atoms with E-state index in [4.69, 9.17) is 5.11 Å². The predicted molar refractivity (Wildman–Crippen MR) is 57.6 cm³/mol. The van der Waals surface area contributed by atoms with E-state index in [-0.39, 0.29) is 11.4 Å². The smallest absolute Gasteiger partial charge is 0.316 e. The summed E-state index contributed by atoms with van der Waals surface area (Å²) in [7, 11) is 0. The number of carbonyl (C=O) groups is 1. The van der Waals surface area contributed by atoms with Crippen molar-refractivity contribution in [1.82, 2.24) is 0 Å². The zero-order chi connectivity index (χ0) is 10.6. The molecule has 1 fully saturated rings. The fourth-order valence-electron chi connectivity index (χ4n) is 1.73. The van der Waals surface area contributed by atoms with Gasteiger partial charge in [-0.3, -0.25) is 4.79 Å². The van der Waals surface area contributed by atoms with Gasteiger partial charge in [0.05, 0.1) is 11.4 Å². The van der Waals surface area contributed by atoms with Crippen molar-refractivity contribution < 1.29 is 15.0 Å². The molecule has 0 heterocycles. The minimum atomic E-state index is -0.786. The standard InChI is InChI=1S/C10H18O3S/c1-7(10(12)13)14-9-6-4-2-3-5-8(9)11/h7-9,11H,2-6H2,1H3,(H,12,13). The Morgan fingerprint density at radius 1 is 1.36 bits per heavy atom. The first-order valence-electron chi connectivity index (χ1n) is 5.17. The lowest BCUT2D eigenvalue weighted by molar-refractivity contribution is -0.136. The van der Waals surface area contributed by atoms with E-state index in [1.165, 1.54) is 11.8 Å². The summed E-state index contributed by atoms with van der Waals surface area (Å²) in [5, 5.41) is 18.2. The van der Waals surface area contributed by atoms with Crippen LogP contribution in [-0.2, 0) is 4.79 Å². The van der Waals surface area contributed by atoms with Crippen LogP contribution in [0.1, 0.15) is 39.0 Å². The summed E-state index contributed by atoms with van der Waals surface area (Å²) in [5.74, 6) is -0.786. The van der Waals surface area contributed by atoms with Gasteiger partial charge < -0.3 is 10.2 Å². The van der Waals surface area contributed by atoms with Crippen molar-refractivity contribution in [2.24, 2.45) is 0 Å². The number of thioether (sulfide) groups is 1. The van der Waals surface area contributed by atoms with Gasteiger partial charge in [0.1, 0.15) is 0 Å². The average Bonchev–Trinajstić information content (AvgIpc) is 2.32. The second-order valence-electron chi connectivity index (χ2n) is 3.86. The van der Waals surface area contributed by atoms with Gasteiger partial charge >= 0.3 is 5.97 Å². The molecule has 0 aliphatic heterocycles. The second kappa shape index (κ2) is 5.61. The zero-order valence-electron chi connectivity index (χ0n) is 8.48. The van der Waals surface area contributed by atoms with Crippen molar-refractivity contribution in [2.75, 3.05) is 0 Å². The van der Waals surface area contributed by atoms with Gasteiger partial charge in [0.2, 0.25) is 0 Å². The summed E-state index contributed by atoms with van der Waals surface area (Å²) in [6, 6.07) is 0. The van der Waals surface area contributed by atoms with Crippen LogP contribution < -0.4 is 0 Å². The summed E-state index contributed by atoms with van der Waals surface area (Å²) in [5.41, 5.74) is 0. The van der Waals surface area contributed by atoms with Gasteiger partial charge in [-0.1, -0.05) is 19.3 Å². The Bertz CT molecular complexity index is 196. The lowest BCUT2D eigenvalue weighted by Gasteiger charge is -2.21. The highest BCUT2D eigenvalue weighted by atomic mass is 32.2. The van der Waals surface area contributed by atoms with Crippen molar-refractivity contribution in [3.05, 3.63) is 0 Å². The second-order valence-corrected chi connectivity index (χ2v) is 5.45. The Balaban J connectivity index is 2.43. The Morgan fingerprint density at radius 2 is 2.00 bits per heavy atom. The van der Waals surface area contributed by atoms with E-state index < -0.39 is 11.2 Å². The molecule has 1 rings (SSSR count). The van der Waals surface area contributed by atoms with Gasteiger partial charge in [-0.05, 0) is 19.8 Å². The van der Waals surface area contributed by atoms with Crippen LogP contribution in [0.25, 0.3) is 0 Å². The Labute approximate surface area is 88.9 Å². The monoisotopic (exact) mass is 218 g/mol. The first-order chi connectivity index (χ1) is 6.61. The molecule has 82 valence electrons. The first-order valence-corrected chi connectivity index (χ1v) is 6.12. The number of carboxylic acids is 1. The van der Waals surface area contributed by atoms with Crippen LogP contribution in [0.15, 0.2) is 0 Å². The van der Waals surface area contributed by atoms with Gasteiger partial charge in [0.25, 0.3) is 0 Å². The maximum absolute atomic E-state index is 10.7. The quantitative estimate of drug-likeness (QED) is 0.710. The van der Waals surface area contributed by atoms with Gasteiger partial charge in [-0.25, -0.2) is 0 Å². The molecule has 1 saturated carbocycles. The molecule has 0 aromatic heterocycles. The zero-order valence-corrected chi connectivity index (χ0v) is 9.30. The van der Waals surface area contributed by atoms with Crippen LogP contribution in [0.3, 0.4) is 0 Å². The Kier molecular flexibility index (Phi) is 4.75. The van der Waals surface area contributed by atoms with Crippen LogP contribution in [0, 0.1) is 0 Å². The van der Waals surface area contributed by atoms with Gasteiger partial charge in [-0.2, -0.15) is 0 Å². The minimum Gasteiger partial charge on any atom is -0.480 e. The number of aliphatic carboxylic acids is 1. The number of rotatable bonds is 3. The van der Waals surface area contributed by atoms with E-state index in [9.17, 15) is 9.90 Å². The molecule has 3 unspecified atom stereocenters. The van der Waals surface area contributed by atoms with Gasteiger partial charge in [0.15, 0.2) is 0 Å². The largest absolute Gasteiger partial charge is 0.480 e. The van der Waals surface area contributed by atoms with Crippen molar-refractivity contribution in [3.63, 3.8) is 0 Å². The molecule has 1 aliphatic carbocycles. The van der Waals surface area contributed by atoms with E-state index in [0.717, 1.165) is 32.1 Å². The first kappa shape index (κ1) is 11.9. The fraction of sp³-hybridized carbons (Fsp3) is 0.900. The number of hydrogen-bond donors (Lipinski definition) is 2. The van der Waals surface area contributed by atoms with Crippen LogP contribution in [0.5, 0.6) is 0 Å². The van der Waals surface area contributed by atoms with Crippen molar-refractivity contribution in [2.45, 2.75) is 55.6 Å². The molecule has 0 spiro atoms. The molecule has 3 atom stereocenters. The van der Waals surface area contributed by atoms with Gasteiger partial charge in [-0.15, -0.1) is 11.8 Å². The van der Waals surface area contributed by atoms with Crippen molar-refractivity contribution in [3.8, 4) is 0 Å². The lowest BCUT2D eigenvalue weighted by atomic mass is 10.1. The highest BCUT2D eigenvalue weighted by molar-refractivity contribution is 8.01. The molecule has 3 nitrogen and oxygen atoms in total. The molecule has 0 amide bonds. The van der Waals surface area contributed by atoms with E-state index in [1.807, 2.05) is 0 Å². The van der Waals surface area contributed by atoms with Crippen LogP contribution in [0.4, 0.5) is 0 Å². The van der Waals surface area contributed by atoms with E-state index >= 15 is 0 Å². The molecule has 1 aliphatic rings. The topological polar surface area (TPSA) is 57.5 Å². The highest BCUT2D eigenvalue weighted by Crippen LogP contribution is 2.30. The molecule has 0 aromatic rings. The molecule has 14 heavy (non-hydrogen) atoms. The van der Waals surface area contributed by atoms with Gasteiger partial charge in [0, 0.05) is 5.25 Å². The Morgan fingerprint density at radius 3 is 2.64 bits per heavy atom. The number of aliphatic hydroxyl groups excluding tert-OH is 1. The highest BCUT2D eigenvalue weighted by Gasteiger charge is 2.26. The molecular formula is C10H18O3S. The molecule has 2 N–H and O–H groups in total. The summed E-state index contributed by atoms with van der Waals surface area (Å²) in [6.45, 7) is 1.69. The van der Waals surface area contributed by atoms with Crippen LogP contribution in [-0.4, -0.2) is 32.8 Å². The molecule has 0 aromatic carbocycles. The van der Waals surface area contributed by atoms with E-state index in [0.29, 0.717) is 0 Å². The van der Waals surface area contributed by atoms with Crippen molar-refractivity contribution >= 4 is 17.7 Å². The third-order valence-electron chi connectivity index (χ3n) is 2.64. The van der Waals surface area contributed by atoms with Crippen LogP contribution in [0.2, 0.25) is 0 Å². The van der Waals surface area contributed by atoms with Crippen molar-refractivity contribution in [1.29, 1.82) is 0 Å². The maximum atomic E-state index is 10.7. The lowest BCUT2D eigenvalue weighted by Crippen LogP contribution is -2.26. The molecule has 0 radical (unpaired) electrons. The number of aliphatic hydroxyl groups is 1. The normalized spacial score (nSPS) is 30.7. The molecule has 0 bridgehead atoms. The summed E-state index contributed by atoms with van der Waals surface area (Å²) in [4.78, 5) is 10.7. The molecular weight excluding hydrogens is 200 g/mol. The molecule has 0 saturated heterocycles. The third-order valence-corrected chi connectivity index (χ3v) is 4.15. The maximum Gasteiger partial charge on any atom is 0.316 e. The average molecular weight is 218 g/mol. The van der Waals surface area contributed by atoms with E-state index in [1.54, 1.807) is 6.92 Å². The summed E-state index contributed by atoms with van der Waals surface area (Å²) in [6.07, 6.45) is 4.80. The minimum absolute atomic E-state index is 0.114. The summed E-state index contributed by atoms with van der Waals surface area (Å²) < 4.78 is 0. The van der Waals surface area contributed by atoms with Crippen LogP contribution >= 0.6 is 11.8 Å². The SMILES string of the molecule is CC(SC1CCCCCC1O)C(=O)O. The Hall–Kier alpha value is -0.220. The molecule has 4 heteroatoms. The summed E-state index contributed by atoms with van der Waals surface area (Å²) >= 11 is 1.40. The fourth-order valence-corrected chi connectivity index (χ4v) is 2.99. The number of hydrogen-bond acceptors (Lipinski definition) is 3. The van der Waals surface area contributed by atoms with E-state index in [2.05, 4.69) is 0 Å². The third kappa shape index (κ3) is 3.50. The number of carboxylic acid groups (broad SMARTS) is 1. The predicted octanol–water partition coefficient (Wildman–Crippen LogP) is 1.89.